The van der Waals surface area contributed by atoms with Gasteiger partial charge >= 0.3 is 0 Å². The highest BCUT2D eigenvalue weighted by molar-refractivity contribution is 14.1. The maximum atomic E-state index is 5.83. The molecule has 0 aromatic heterocycles. The van der Waals surface area contributed by atoms with E-state index >= 15 is 0 Å². The van der Waals surface area contributed by atoms with Crippen molar-refractivity contribution >= 4 is 38.5 Å². The molecule has 0 aliphatic rings. The number of halogens is 2. The van der Waals surface area contributed by atoms with Gasteiger partial charge in [-0.05, 0) is 68.7 Å². The van der Waals surface area contributed by atoms with Gasteiger partial charge in [0.15, 0.2) is 0 Å². The number of ether oxygens (including phenoxy) is 1. The molecule has 0 saturated heterocycles. The highest BCUT2D eigenvalue weighted by Crippen LogP contribution is 2.28. The van der Waals surface area contributed by atoms with Crippen LogP contribution in [0.4, 0.5) is 0 Å². The Bertz CT molecular complexity index is 511. The second kappa shape index (κ2) is 5.87. The van der Waals surface area contributed by atoms with Gasteiger partial charge < -0.3 is 4.74 Å². The van der Waals surface area contributed by atoms with Crippen LogP contribution in [0.25, 0.3) is 0 Å². The predicted octanol–water partition coefficient (Wildman–Crippen LogP) is 4.94. The monoisotopic (exact) mass is 402 g/mol. The van der Waals surface area contributed by atoms with E-state index in [0.717, 1.165) is 15.8 Å². The van der Waals surface area contributed by atoms with Crippen molar-refractivity contribution in [2.45, 2.75) is 13.5 Å². The van der Waals surface area contributed by atoms with Crippen LogP contribution < -0.4 is 4.74 Å². The molecule has 2 aromatic carbocycles. The molecule has 0 N–H and O–H groups in total. The van der Waals surface area contributed by atoms with Gasteiger partial charge in [0, 0.05) is 8.04 Å². The lowest BCUT2D eigenvalue weighted by molar-refractivity contribution is 0.304. The molecule has 0 unspecified atom stereocenters. The Balaban J connectivity index is 2.12. The molecule has 0 radical (unpaired) electrons. The minimum atomic E-state index is 0.606. The maximum absolute atomic E-state index is 5.83. The molecular formula is C14H12BrIO. The molecule has 0 atom stereocenters. The second-order valence-electron chi connectivity index (χ2n) is 3.81. The van der Waals surface area contributed by atoms with E-state index in [1.54, 1.807) is 0 Å². The van der Waals surface area contributed by atoms with Crippen LogP contribution in [0, 0.1) is 10.5 Å². The quantitative estimate of drug-likeness (QED) is 0.660. The smallest absolute Gasteiger partial charge is 0.123 e. The molecule has 0 aliphatic heterocycles. The van der Waals surface area contributed by atoms with Crippen molar-refractivity contribution in [2.75, 3.05) is 0 Å². The zero-order chi connectivity index (χ0) is 12.3. The van der Waals surface area contributed by atoms with E-state index in [4.69, 9.17) is 4.74 Å². The maximum Gasteiger partial charge on any atom is 0.123 e. The van der Waals surface area contributed by atoms with Crippen molar-refractivity contribution in [2.24, 2.45) is 0 Å². The molecule has 0 bridgehead atoms. The molecule has 0 aliphatic carbocycles. The van der Waals surface area contributed by atoms with Crippen LogP contribution in [0.2, 0.25) is 0 Å². The van der Waals surface area contributed by atoms with E-state index in [2.05, 4.69) is 63.6 Å². The first-order valence-electron chi connectivity index (χ1n) is 5.29. The first-order chi connectivity index (χ1) is 8.16. The van der Waals surface area contributed by atoms with Gasteiger partial charge in [0.25, 0.3) is 0 Å². The summed E-state index contributed by atoms with van der Waals surface area (Å²) in [6, 6.07) is 14.3. The molecule has 2 aromatic rings. The van der Waals surface area contributed by atoms with Crippen molar-refractivity contribution in [3.05, 3.63) is 61.6 Å². The van der Waals surface area contributed by atoms with Crippen LogP contribution in [0.1, 0.15) is 11.1 Å². The fourth-order valence-corrected chi connectivity index (χ4v) is 2.46. The van der Waals surface area contributed by atoms with E-state index in [1.807, 2.05) is 24.3 Å². The Hall–Kier alpha value is -0.550. The van der Waals surface area contributed by atoms with Crippen LogP contribution in [0.15, 0.2) is 46.9 Å². The zero-order valence-corrected chi connectivity index (χ0v) is 13.2. The molecule has 17 heavy (non-hydrogen) atoms. The molecule has 1 nitrogen and oxygen atoms in total. The Morgan fingerprint density at radius 3 is 2.59 bits per heavy atom. The van der Waals surface area contributed by atoms with E-state index in [0.29, 0.717) is 6.61 Å². The SMILES string of the molecule is Cc1cc(I)c(Br)cc1OCc1ccccc1. The Kier molecular flexibility index (Phi) is 4.45. The summed E-state index contributed by atoms with van der Waals surface area (Å²) < 4.78 is 8.10. The van der Waals surface area contributed by atoms with Gasteiger partial charge in [0.1, 0.15) is 12.4 Å². The summed E-state index contributed by atoms with van der Waals surface area (Å²) in [6.07, 6.45) is 0. The third-order valence-electron chi connectivity index (χ3n) is 2.46. The van der Waals surface area contributed by atoms with Gasteiger partial charge in [-0.2, -0.15) is 0 Å². The van der Waals surface area contributed by atoms with Gasteiger partial charge in [-0.3, -0.25) is 0 Å². The van der Waals surface area contributed by atoms with Gasteiger partial charge in [0.2, 0.25) is 0 Å². The summed E-state index contributed by atoms with van der Waals surface area (Å²) in [7, 11) is 0. The van der Waals surface area contributed by atoms with Crippen molar-refractivity contribution in [3.63, 3.8) is 0 Å². The lowest BCUT2D eigenvalue weighted by atomic mass is 10.2. The number of rotatable bonds is 3. The first kappa shape index (κ1) is 12.9. The molecule has 0 amide bonds. The Labute approximate surface area is 123 Å². The van der Waals surface area contributed by atoms with Crippen LogP contribution in [0.5, 0.6) is 5.75 Å². The van der Waals surface area contributed by atoms with Crippen molar-refractivity contribution in [1.82, 2.24) is 0 Å². The van der Waals surface area contributed by atoms with E-state index in [-0.39, 0.29) is 0 Å². The first-order valence-corrected chi connectivity index (χ1v) is 7.16. The standard InChI is InChI=1S/C14H12BrIO/c1-10-7-13(16)12(15)8-14(10)17-9-11-5-3-2-4-6-11/h2-8H,9H2,1H3. The third-order valence-corrected chi connectivity index (χ3v) is 4.74. The molecule has 0 saturated carbocycles. The van der Waals surface area contributed by atoms with Crippen LogP contribution in [0.3, 0.4) is 0 Å². The zero-order valence-electron chi connectivity index (χ0n) is 9.41. The summed E-state index contributed by atoms with van der Waals surface area (Å²) in [6.45, 7) is 2.67. The lowest BCUT2D eigenvalue weighted by Crippen LogP contribution is -1.97. The molecule has 0 heterocycles. The summed E-state index contributed by atoms with van der Waals surface area (Å²) in [5.41, 5.74) is 2.34. The van der Waals surface area contributed by atoms with E-state index in [1.165, 1.54) is 9.13 Å². The summed E-state index contributed by atoms with van der Waals surface area (Å²) >= 11 is 5.82. The van der Waals surface area contributed by atoms with Crippen molar-refractivity contribution in [1.29, 1.82) is 0 Å². The fourth-order valence-electron chi connectivity index (χ4n) is 1.52. The molecule has 88 valence electrons. The highest BCUT2D eigenvalue weighted by atomic mass is 127. The molecule has 3 heteroatoms. The van der Waals surface area contributed by atoms with Gasteiger partial charge in [0.05, 0.1) is 0 Å². The number of hydrogen-bond acceptors (Lipinski definition) is 1. The molecule has 2 rings (SSSR count). The predicted molar refractivity (Wildman–Crippen MR) is 82.4 cm³/mol. The van der Waals surface area contributed by atoms with Gasteiger partial charge in [-0.1, -0.05) is 30.3 Å². The summed E-state index contributed by atoms with van der Waals surface area (Å²) in [4.78, 5) is 0. The number of aryl methyl sites for hydroxylation is 1. The number of benzene rings is 2. The summed E-state index contributed by atoms with van der Waals surface area (Å²) in [5.74, 6) is 0.932. The minimum absolute atomic E-state index is 0.606. The largest absolute Gasteiger partial charge is 0.489 e. The topological polar surface area (TPSA) is 9.23 Å². The summed E-state index contributed by atoms with van der Waals surface area (Å²) in [5, 5.41) is 0. The van der Waals surface area contributed by atoms with E-state index < -0.39 is 0 Å². The van der Waals surface area contributed by atoms with Crippen molar-refractivity contribution in [3.8, 4) is 5.75 Å². The van der Waals surface area contributed by atoms with Gasteiger partial charge in [-0.25, -0.2) is 0 Å². The minimum Gasteiger partial charge on any atom is -0.489 e. The fraction of sp³-hybridized carbons (Fsp3) is 0.143. The normalized spacial score (nSPS) is 10.3. The van der Waals surface area contributed by atoms with Crippen LogP contribution in [-0.4, -0.2) is 0 Å². The van der Waals surface area contributed by atoms with Crippen molar-refractivity contribution < 1.29 is 4.74 Å². The Morgan fingerprint density at radius 2 is 1.88 bits per heavy atom. The number of hydrogen-bond donors (Lipinski definition) is 0. The Morgan fingerprint density at radius 1 is 1.18 bits per heavy atom. The second-order valence-corrected chi connectivity index (χ2v) is 5.82. The average molecular weight is 403 g/mol. The van der Waals surface area contributed by atoms with Crippen LogP contribution >= 0.6 is 38.5 Å². The lowest BCUT2D eigenvalue weighted by Gasteiger charge is -2.10. The average Bonchev–Trinajstić information content (AvgIpc) is 2.33. The molecule has 0 fully saturated rings. The molecule has 0 spiro atoms. The van der Waals surface area contributed by atoms with Crippen LogP contribution in [-0.2, 0) is 6.61 Å². The highest BCUT2D eigenvalue weighted by Gasteiger charge is 2.04. The van der Waals surface area contributed by atoms with Gasteiger partial charge in [-0.15, -0.1) is 0 Å². The van der Waals surface area contributed by atoms with E-state index in [9.17, 15) is 0 Å². The third kappa shape index (κ3) is 3.45. The molecular weight excluding hydrogens is 391 g/mol.